The molecule has 0 aliphatic carbocycles. The normalized spacial score (nSPS) is 19.4. The molecule has 21 heavy (non-hydrogen) atoms. The lowest BCUT2D eigenvalue weighted by Crippen LogP contribution is -2.40. The number of Topliss-reactive ketones (excluding diaryl/α,β-unsaturated/α-hetero) is 1. The Kier molecular flexibility index (Phi) is 5.17. The first-order valence-electron chi connectivity index (χ1n) is 7.88. The van der Waals surface area contributed by atoms with Gasteiger partial charge in [0.1, 0.15) is 0 Å². The molecule has 0 saturated carbocycles. The Morgan fingerprint density at radius 1 is 1.24 bits per heavy atom. The first-order valence-corrected chi connectivity index (χ1v) is 7.88. The molecule has 0 amide bonds. The lowest BCUT2D eigenvalue weighted by molar-refractivity contribution is 0.0909. The van der Waals surface area contributed by atoms with Gasteiger partial charge in [-0.3, -0.25) is 9.69 Å². The molecule has 1 aliphatic heterocycles. The van der Waals surface area contributed by atoms with Crippen LogP contribution >= 0.6 is 0 Å². The Hall–Kier alpha value is -1.19. The Morgan fingerprint density at radius 2 is 1.86 bits per heavy atom. The molecule has 116 valence electrons. The fourth-order valence-corrected chi connectivity index (χ4v) is 3.61. The van der Waals surface area contributed by atoms with Crippen molar-refractivity contribution in [1.82, 2.24) is 9.80 Å². The molecule has 3 heteroatoms. The van der Waals surface area contributed by atoms with E-state index in [-0.39, 0.29) is 5.78 Å². The average molecular weight is 288 g/mol. The smallest absolute Gasteiger partial charge is 0.177 e. The SMILES string of the molecule is Cc1cc(C)c(C(=O)CN2CCCC2CN(C)C)c(C)c1. The number of rotatable bonds is 5. The number of carbonyl (C=O) groups excluding carboxylic acids is 1. The second-order valence-electron chi connectivity index (χ2n) is 6.73. The first-order chi connectivity index (χ1) is 9.88. The molecule has 1 fully saturated rings. The highest BCUT2D eigenvalue weighted by molar-refractivity contribution is 6.00. The van der Waals surface area contributed by atoms with Crippen molar-refractivity contribution in [1.29, 1.82) is 0 Å². The van der Waals surface area contributed by atoms with Crippen LogP contribution in [-0.2, 0) is 0 Å². The summed E-state index contributed by atoms with van der Waals surface area (Å²) in [7, 11) is 4.21. The van der Waals surface area contributed by atoms with E-state index in [0.29, 0.717) is 12.6 Å². The molecule has 1 atom stereocenters. The summed E-state index contributed by atoms with van der Waals surface area (Å²) in [5.74, 6) is 0.274. The molecule has 3 nitrogen and oxygen atoms in total. The van der Waals surface area contributed by atoms with Gasteiger partial charge < -0.3 is 4.90 Å². The topological polar surface area (TPSA) is 23.6 Å². The van der Waals surface area contributed by atoms with Crippen molar-refractivity contribution in [2.45, 2.75) is 39.7 Å². The number of likely N-dealkylation sites (N-methyl/N-ethyl adjacent to an activating group) is 1. The fraction of sp³-hybridized carbons (Fsp3) is 0.611. The third kappa shape index (κ3) is 3.92. The Balaban J connectivity index is 2.11. The zero-order valence-corrected chi connectivity index (χ0v) is 14.1. The molecule has 0 radical (unpaired) electrons. The highest BCUT2D eigenvalue weighted by Gasteiger charge is 2.27. The standard InChI is InChI=1S/C18H28N2O/c1-13-9-14(2)18(15(3)10-13)17(21)12-20-8-6-7-16(20)11-19(4)5/h9-10,16H,6-8,11-12H2,1-5H3. The van der Waals surface area contributed by atoms with Crippen LogP contribution in [0.25, 0.3) is 0 Å². The van der Waals surface area contributed by atoms with Crippen molar-refractivity contribution in [3.05, 3.63) is 34.4 Å². The van der Waals surface area contributed by atoms with Crippen LogP contribution < -0.4 is 0 Å². The molecule has 1 aromatic rings. The van der Waals surface area contributed by atoms with Crippen molar-refractivity contribution in [3.63, 3.8) is 0 Å². The predicted octanol–water partition coefficient (Wildman–Crippen LogP) is 2.82. The summed E-state index contributed by atoms with van der Waals surface area (Å²) in [5, 5.41) is 0. The molecule has 1 aromatic carbocycles. The molecular formula is C18H28N2O. The van der Waals surface area contributed by atoms with Gasteiger partial charge in [-0.25, -0.2) is 0 Å². The average Bonchev–Trinajstić information content (AvgIpc) is 2.74. The van der Waals surface area contributed by atoms with E-state index < -0.39 is 0 Å². The minimum Gasteiger partial charge on any atom is -0.308 e. The van der Waals surface area contributed by atoms with Crippen LogP contribution in [0, 0.1) is 20.8 Å². The molecule has 1 saturated heterocycles. The number of aryl methyl sites for hydroxylation is 3. The Labute approximate surface area is 128 Å². The summed E-state index contributed by atoms with van der Waals surface area (Å²) >= 11 is 0. The van der Waals surface area contributed by atoms with Gasteiger partial charge in [0.25, 0.3) is 0 Å². The highest BCUT2D eigenvalue weighted by Crippen LogP contribution is 2.21. The van der Waals surface area contributed by atoms with Crippen LogP contribution in [0.3, 0.4) is 0 Å². The van der Waals surface area contributed by atoms with Gasteiger partial charge in [-0.05, 0) is 65.4 Å². The molecule has 0 aromatic heterocycles. The van der Waals surface area contributed by atoms with Crippen molar-refractivity contribution < 1.29 is 4.79 Å². The van der Waals surface area contributed by atoms with Crippen LogP contribution in [0.2, 0.25) is 0 Å². The summed E-state index contributed by atoms with van der Waals surface area (Å²) < 4.78 is 0. The van der Waals surface area contributed by atoms with E-state index in [2.05, 4.69) is 56.8 Å². The van der Waals surface area contributed by atoms with Gasteiger partial charge in [0.05, 0.1) is 6.54 Å². The number of hydrogen-bond donors (Lipinski definition) is 0. The zero-order valence-electron chi connectivity index (χ0n) is 14.1. The van der Waals surface area contributed by atoms with Crippen molar-refractivity contribution in [2.24, 2.45) is 0 Å². The maximum absolute atomic E-state index is 12.7. The van der Waals surface area contributed by atoms with E-state index in [1.54, 1.807) is 0 Å². The predicted molar refractivity (Wildman–Crippen MR) is 88.1 cm³/mol. The zero-order chi connectivity index (χ0) is 15.6. The molecule has 2 rings (SSSR count). The van der Waals surface area contributed by atoms with E-state index in [0.717, 1.165) is 29.8 Å². The van der Waals surface area contributed by atoms with Gasteiger partial charge in [-0.2, -0.15) is 0 Å². The summed E-state index contributed by atoms with van der Waals surface area (Å²) in [6.45, 7) is 8.83. The molecule has 1 unspecified atom stereocenters. The van der Waals surface area contributed by atoms with Crippen molar-refractivity contribution >= 4 is 5.78 Å². The Morgan fingerprint density at radius 3 is 2.43 bits per heavy atom. The van der Waals surface area contributed by atoms with Crippen molar-refractivity contribution in [3.8, 4) is 0 Å². The second kappa shape index (κ2) is 6.71. The van der Waals surface area contributed by atoms with Crippen LogP contribution in [0.15, 0.2) is 12.1 Å². The summed E-state index contributed by atoms with van der Waals surface area (Å²) in [4.78, 5) is 17.3. The van der Waals surface area contributed by atoms with E-state index in [1.807, 2.05) is 0 Å². The van der Waals surface area contributed by atoms with Crippen LogP contribution in [0.4, 0.5) is 0 Å². The van der Waals surface area contributed by atoms with Gasteiger partial charge in [-0.1, -0.05) is 17.7 Å². The van der Waals surface area contributed by atoms with Crippen molar-refractivity contribution in [2.75, 3.05) is 33.7 Å². The summed E-state index contributed by atoms with van der Waals surface area (Å²) in [6.07, 6.45) is 2.41. The number of likely N-dealkylation sites (tertiary alicyclic amines) is 1. The van der Waals surface area contributed by atoms with E-state index >= 15 is 0 Å². The molecule has 0 N–H and O–H groups in total. The number of nitrogens with zero attached hydrogens (tertiary/aromatic N) is 2. The molecular weight excluding hydrogens is 260 g/mol. The van der Waals surface area contributed by atoms with Gasteiger partial charge in [0.15, 0.2) is 5.78 Å². The molecule has 0 bridgehead atoms. The third-order valence-corrected chi connectivity index (χ3v) is 4.38. The second-order valence-corrected chi connectivity index (χ2v) is 6.73. The van der Waals surface area contributed by atoms with Crippen LogP contribution in [0.1, 0.15) is 39.9 Å². The molecule has 1 heterocycles. The Bertz CT molecular complexity index is 499. The summed E-state index contributed by atoms with van der Waals surface area (Å²) in [6, 6.07) is 4.75. The number of carbonyl (C=O) groups is 1. The monoisotopic (exact) mass is 288 g/mol. The first kappa shape index (κ1) is 16.2. The van der Waals surface area contributed by atoms with Gasteiger partial charge in [0.2, 0.25) is 0 Å². The van der Waals surface area contributed by atoms with Gasteiger partial charge in [-0.15, -0.1) is 0 Å². The molecule has 1 aliphatic rings. The number of hydrogen-bond acceptors (Lipinski definition) is 3. The minimum absolute atomic E-state index is 0.274. The third-order valence-electron chi connectivity index (χ3n) is 4.38. The minimum atomic E-state index is 0.274. The fourth-order valence-electron chi connectivity index (χ4n) is 3.61. The van der Waals surface area contributed by atoms with E-state index in [9.17, 15) is 4.79 Å². The van der Waals surface area contributed by atoms with Gasteiger partial charge >= 0.3 is 0 Å². The van der Waals surface area contributed by atoms with E-state index in [4.69, 9.17) is 0 Å². The maximum Gasteiger partial charge on any atom is 0.177 e. The summed E-state index contributed by atoms with van der Waals surface area (Å²) in [5.41, 5.74) is 4.38. The van der Waals surface area contributed by atoms with Crippen LogP contribution in [0.5, 0.6) is 0 Å². The number of benzene rings is 1. The quantitative estimate of drug-likeness (QED) is 0.778. The maximum atomic E-state index is 12.7. The highest BCUT2D eigenvalue weighted by atomic mass is 16.1. The number of ketones is 1. The lowest BCUT2D eigenvalue weighted by atomic mass is 9.96. The van der Waals surface area contributed by atoms with E-state index in [1.165, 1.54) is 18.4 Å². The van der Waals surface area contributed by atoms with Gasteiger partial charge in [0, 0.05) is 18.2 Å². The largest absolute Gasteiger partial charge is 0.308 e. The molecule has 0 spiro atoms. The van der Waals surface area contributed by atoms with Crippen LogP contribution in [-0.4, -0.2) is 55.4 Å². The lowest BCUT2D eigenvalue weighted by Gasteiger charge is -2.26.